The quantitative estimate of drug-likeness (QED) is 0.598. The van der Waals surface area contributed by atoms with E-state index in [4.69, 9.17) is 9.47 Å². The second-order valence-electron chi connectivity index (χ2n) is 8.34. The molecule has 0 radical (unpaired) electrons. The first kappa shape index (κ1) is 24.7. The van der Waals surface area contributed by atoms with Crippen LogP contribution in [0.1, 0.15) is 38.8 Å². The van der Waals surface area contributed by atoms with Crippen LogP contribution in [-0.4, -0.2) is 43.5 Å². The minimum atomic E-state index is -0.644. The zero-order valence-corrected chi connectivity index (χ0v) is 20.6. The first-order valence-corrected chi connectivity index (χ1v) is 10.9. The number of carbonyl (C=O) groups excluding carboxylic acids is 2. The third-order valence-corrected chi connectivity index (χ3v) is 5.69. The van der Waals surface area contributed by atoms with Gasteiger partial charge in [-0.1, -0.05) is 39.0 Å². The van der Waals surface area contributed by atoms with E-state index in [1.807, 2.05) is 42.5 Å². The summed E-state index contributed by atoms with van der Waals surface area (Å²) in [7, 11) is 3.15. The van der Waals surface area contributed by atoms with Gasteiger partial charge < -0.3 is 19.7 Å². The fraction of sp³-hybridized carbons (Fsp3) is 0.417. The Hall–Kier alpha value is -2.54. The molecule has 0 aromatic heterocycles. The van der Waals surface area contributed by atoms with Crippen molar-refractivity contribution in [3.63, 3.8) is 0 Å². The zero-order chi connectivity index (χ0) is 23.2. The summed E-state index contributed by atoms with van der Waals surface area (Å²) in [5, 5.41) is 2.61. The maximum absolute atomic E-state index is 13.0. The van der Waals surface area contributed by atoms with Gasteiger partial charge in [0, 0.05) is 13.6 Å². The minimum absolute atomic E-state index is 0.00891. The summed E-state index contributed by atoms with van der Waals surface area (Å²) in [6.45, 7) is 8.21. The molecule has 1 atom stereocenters. The minimum Gasteiger partial charge on any atom is -0.497 e. The van der Waals surface area contributed by atoms with E-state index in [1.54, 1.807) is 21.1 Å². The highest BCUT2D eigenvalue weighted by molar-refractivity contribution is 9.10. The van der Waals surface area contributed by atoms with Crippen molar-refractivity contribution in [1.82, 2.24) is 10.2 Å². The number of likely N-dealkylation sites (N-methyl/N-ethyl adjacent to an activating group) is 1. The SMILES string of the molecule is CNC(=O)[C@@H](C)N(Cc1ccc(OC)cc1)C(=O)COc1ccc(C(C)(C)C)cc1Br. The number of nitrogens with one attached hydrogen (secondary N) is 1. The van der Waals surface area contributed by atoms with Crippen molar-refractivity contribution in [1.29, 1.82) is 0 Å². The lowest BCUT2D eigenvalue weighted by atomic mass is 9.87. The molecule has 0 saturated heterocycles. The van der Waals surface area contributed by atoms with Gasteiger partial charge in [0.25, 0.3) is 5.91 Å². The van der Waals surface area contributed by atoms with Crippen LogP contribution in [0.5, 0.6) is 11.5 Å². The highest BCUT2D eigenvalue weighted by Crippen LogP contribution is 2.31. The normalized spacial score (nSPS) is 12.1. The number of halogens is 1. The average Bonchev–Trinajstić information content (AvgIpc) is 2.75. The second-order valence-corrected chi connectivity index (χ2v) is 9.20. The second kappa shape index (κ2) is 10.7. The number of nitrogens with zero attached hydrogens (tertiary/aromatic N) is 1. The summed E-state index contributed by atoms with van der Waals surface area (Å²) in [6, 6.07) is 12.6. The first-order valence-electron chi connectivity index (χ1n) is 10.1. The van der Waals surface area contributed by atoms with Crippen LogP contribution in [-0.2, 0) is 21.5 Å². The Balaban J connectivity index is 2.16. The number of hydrogen-bond acceptors (Lipinski definition) is 4. The van der Waals surface area contributed by atoms with E-state index in [2.05, 4.69) is 42.0 Å². The van der Waals surface area contributed by atoms with Gasteiger partial charge in [-0.3, -0.25) is 9.59 Å². The number of carbonyl (C=O) groups is 2. The fourth-order valence-electron chi connectivity index (χ4n) is 3.03. The topological polar surface area (TPSA) is 67.9 Å². The molecule has 6 nitrogen and oxygen atoms in total. The predicted molar refractivity (Wildman–Crippen MR) is 125 cm³/mol. The number of benzene rings is 2. The fourth-order valence-corrected chi connectivity index (χ4v) is 3.52. The Morgan fingerprint density at radius 2 is 1.77 bits per heavy atom. The molecule has 0 aliphatic rings. The third-order valence-electron chi connectivity index (χ3n) is 5.07. The highest BCUT2D eigenvalue weighted by Gasteiger charge is 2.26. The molecule has 2 aromatic rings. The molecule has 0 heterocycles. The van der Waals surface area contributed by atoms with E-state index in [9.17, 15) is 9.59 Å². The lowest BCUT2D eigenvalue weighted by molar-refractivity contribution is -0.142. The lowest BCUT2D eigenvalue weighted by Crippen LogP contribution is -2.48. The van der Waals surface area contributed by atoms with Crippen molar-refractivity contribution < 1.29 is 19.1 Å². The van der Waals surface area contributed by atoms with Gasteiger partial charge >= 0.3 is 0 Å². The summed E-state index contributed by atoms with van der Waals surface area (Å²) in [4.78, 5) is 26.8. The van der Waals surface area contributed by atoms with Crippen molar-refractivity contribution in [3.8, 4) is 11.5 Å². The number of rotatable bonds is 8. The molecule has 7 heteroatoms. The van der Waals surface area contributed by atoms with Crippen molar-refractivity contribution in [3.05, 3.63) is 58.1 Å². The Bertz CT molecular complexity index is 907. The van der Waals surface area contributed by atoms with E-state index in [0.717, 1.165) is 21.3 Å². The standard InChI is InChI=1S/C24H31BrN2O4/c1-16(23(29)26-5)27(14-17-7-10-19(30-6)11-8-17)22(28)15-31-21-12-9-18(13-20(21)25)24(2,3)4/h7-13,16H,14-15H2,1-6H3,(H,26,29)/t16-/m1/s1. The van der Waals surface area contributed by atoms with Crippen molar-refractivity contribution in [2.75, 3.05) is 20.8 Å². The average molecular weight is 491 g/mol. The molecule has 0 aliphatic heterocycles. The zero-order valence-electron chi connectivity index (χ0n) is 19.0. The van der Waals surface area contributed by atoms with E-state index >= 15 is 0 Å². The summed E-state index contributed by atoms with van der Waals surface area (Å²) < 4.78 is 11.8. The first-order chi connectivity index (χ1) is 14.6. The highest BCUT2D eigenvalue weighted by atomic mass is 79.9. The van der Waals surface area contributed by atoms with Crippen LogP contribution in [0.2, 0.25) is 0 Å². The van der Waals surface area contributed by atoms with Crippen molar-refractivity contribution >= 4 is 27.7 Å². The van der Waals surface area contributed by atoms with E-state index in [-0.39, 0.29) is 30.4 Å². The molecule has 2 amide bonds. The molecular weight excluding hydrogens is 460 g/mol. The Morgan fingerprint density at radius 1 is 1.13 bits per heavy atom. The Kier molecular flexibility index (Phi) is 8.51. The van der Waals surface area contributed by atoms with E-state index in [0.29, 0.717) is 5.75 Å². The largest absolute Gasteiger partial charge is 0.497 e. The van der Waals surface area contributed by atoms with Crippen LogP contribution < -0.4 is 14.8 Å². The molecule has 0 fully saturated rings. The van der Waals surface area contributed by atoms with Gasteiger partial charge in [-0.2, -0.15) is 0 Å². The molecule has 2 aromatic carbocycles. The summed E-state index contributed by atoms with van der Waals surface area (Å²) in [5.74, 6) is 0.794. The predicted octanol–water partition coefficient (Wildman–Crippen LogP) is 4.30. The maximum Gasteiger partial charge on any atom is 0.261 e. The number of methoxy groups -OCH3 is 1. The van der Waals surface area contributed by atoms with Crippen LogP contribution in [0.3, 0.4) is 0 Å². The van der Waals surface area contributed by atoms with Crippen LogP contribution >= 0.6 is 15.9 Å². The van der Waals surface area contributed by atoms with Gasteiger partial charge in [-0.15, -0.1) is 0 Å². The lowest BCUT2D eigenvalue weighted by Gasteiger charge is -2.28. The number of hydrogen-bond donors (Lipinski definition) is 1. The van der Waals surface area contributed by atoms with Gasteiger partial charge in [0.2, 0.25) is 5.91 Å². The Labute approximate surface area is 193 Å². The van der Waals surface area contributed by atoms with Crippen molar-refractivity contribution in [2.45, 2.75) is 45.7 Å². The van der Waals surface area contributed by atoms with E-state index < -0.39 is 6.04 Å². The van der Waals surface area contributed by atoms with Gasteiger partial charge in [-0.25, -0.2) is 0 Å². The van der Waals surface area contributed by atoms with Crippen LogP contribution in [0.4, 0.5) is 0 Å². The van der Waals surface area contributed by atoms with Gasteiger partial charge in [0.15, 0.2) is 6.61 Å². The molecule has 0 saturated carbocycles. The molecule has 0 aliphatic carbocycles. The number of amides is 2. The molecular formula is C24H31BrN2O4. The molecule has 168 valence electrons. The summed E-state index contributed by atoms with van der Waals surface area (Å²) >= 11 is 3.53. The molecule has 0 bridgehead atoms. The molecule has 31 heavy (non-hydrogen) atoms. The van der Waals surface area contributed by atoms with Gasteiger partial charge in [0.1, 0.15) is 17.5 Å². The molecule has 0 spiro atoms. The van der Waals surface area contributed by atoms with Gasteiger partial charge in [0.05, 0.1) is 11.6 Å². The third kappa shape index (κ3) is 6.72. The van der Waals surface area contributed by atoms with Gasteiger partial charge in [-0.05, 0) is 63.7 Å². The van der Waals surface area contributed by atoms with Crippen LogP contribution in [0.25, 0.3) is 0 Å². The van der Waals surface area contributed by atoms with E-state index in [1.165, 1.54) is 4.90 Å². The molecule has 0 unspecified atom stereocenters. The summed E-state index contributed by atoms with van der Waals surface area (Å²) in [6.07, 6.45) is 0. The number of ether oxygens (including phenoxy) is 2. The Morgan fingerprint density at radius 3 is 2.29 bits per heavy atom. The van der Waals surface area contributed by atoms with Crippen molar-refractivity contribution in [2.24, 2.45) is 0 Å². The maximum atomic E-state index is 13.0. The van der Waals surface area contributed by atoms with Crippen LogP contribution in [0, 0.1) is 0 Å². The molecule has 2 rings (SSSR count). The smallest absolute Gasteiger partial charge is 0.261 e. The monoisotopic (exact) mass is 490 g/mol. The molecule has 1 N–H and O–H groups in total. The van der Waals surface area contributed by atoms with Crippen LogP contribution in [0.15, 0.2) is 46.9 Å². The summed E-state index contributed by atoms with van der Waals surface area (Å²) in [5.41, 5.74) is 2.06.